The predicted molar refractivity (Wildman–Crippen MR) is 77.4 cm³/mol. The van der Waals surface area contributed by atoms with E-state index in [1.54, 1.807) is 11.3 Å². The van der Waals surface area contributed by atoms with Crippen LogP contribution in [-0.2, 0) is 6.54 Å². The van der Waals surface area contributed by atoms with Crippen LogP contribution in [0.2, 0.25) is 0 Å². The minimum absolute atomic E-state index is 0.439. The van der Waals surface area contributed by atoms with Crippen molar-refractivity contribution in [2.75, 3.05) is 25.4 Å². The Labute approximate surface area is 112 Å². The molecule has 1 aromatic rings. The molecule has 1 aromatic heterocycles. The molecule has 2 rings (SSSR count). The average molecular weight is 266 g/mol. The second kappa shape index (κ2) is 6.46. The van der Waals surface area contributed by atoms with Gasteiger partial charge in [0.2, 0.25) is 0 Å². The van der Waals surface area contributed by atoms with Gasteiger partial charge in [0.25, 0.3) is 0 Å². The Kier molecular flexibility index (Phi) is 4.93. The van der Waals surface area contributed by atoms with Gasteiger partial charge in [0.05, 0.1) is 11.4 Å². The summed E-state index contributed by atoms with van der Waals surface area (Å²) in [6.07, 6.45) is 0. The van der Waals surface area contributed by atoms with Gasteiger partial charge in [-0.05, 0) is 12.1 Å². The fourth-order valence-corrected chi connectivity index (χ4v) is 3.93. The molecular weight excluding hydrogens is 248 g/mol. The van der Waals surface area contributed by atoms with Gasteiger partial charge in [-0.15, -0.1) is 11.3 Å². The summed E-state index contributed by atoms with van der Waals surface area (Å²) in [5, 5.41) is 0.764. The minimum atomic E-state index is 0.439. The lowest BCUT2D eigenvalue weighted by Gasteiger charge is -2.29. The first-order valence-electron chi connectivity index (χ1n) is 5.89. The molecule has 0 saturated carbocycles. The van der Waals surface area contributed by atoms with Crippen molar-refractivity contribution in [2.24, 2.45) is 5.73 Å². The monoisotopic (exact) mass is 266 g/mol. The van der Waals surface area contributed by atoms with Crippen LogP contribution in [0.3, 0.4) is 0 Å². The molecule has 2 nitrogen and oxygen atoms in total. The lowest BCUT2D eigenvalue weighted by molar-refractivity contribution is 0.281. The van der Waals surface area contributed by atoms with E-state index in [0.717, 1.165) is 16.7 Å². The molecule has 1 aliphatic rings. The Morgan fingerprint density at radius 3 is 3.18 bits per heavy atom. The van der Waals surface area contributed by atoms with Crippen LogP contribution in [0.1, 0.15) is 16.7 Å². The predicted octanol–water partition coefficient (Wildman–Crippen LogP) is 2.00. The molecule has 0 bridgehead atoms. The summed E-state index contributed by atoms with van der Waals surface area (Å²) >= 11 is 3.86. The van der Waals surface area contributed by atoms with Crippen molar-refractivity contribution in [1.29, 1.82) is 0 Å². The molecule has 0 amide bonds. The second-order valence-electron chi connectivity index (χ2n) is 4.19. The number of hydrogen-bond acceptors (Lipinski definition) is 4. The third-order valence-corrected chi connectivity index (χ3v) is 4.80. The van der Waals surface area contributed by atoms with E-state index in [4.69, 9.17) is 5.73 Å². The molecular formula is C13H18N2S2. The molecule has 1 saturated heterocycles. The molecule has 17 heavy (non-hydrogen) atoms. The van der Waals surface area contributed by atoms with E-state index in [0.29, 0.717) is 6.54 Å². The average Bonchev–Trinajstić information content (AvgIpc) is 2.74. The van der Waals surface area contributed by atoms with E-state index >= 15 is 0 Å². The molecule has 1 unspecified atom stereocenters. The van der Waals surface area contributed by atoms with Gasteiger partial charge in [0, 0.05) is 35.5 Å². The third kappa shape index (κ3) is 4.04. The molecule has 1 fully saturated rings. The number of thioether (sulfide) groups is 1. The Bertz CT molecular complexity index is 417. The van der Waals surface area contributed by atoms with Gasteiger partial charge in [-0.2, -0.15) is 11.8 Å². The van der Waals surface area contributed by atoms with Crippen LogP contribution in [0, 0.1) is 11.8 Å². The quantitative estimate of drug-likeness (QED) is 0.830. The molecule has 0 radical (unpaired) electrons. The highest BCUT2D eigenvalue weighted by molar-refractivity contribution is 7.99. The first-order valence-corrected chi connectivity index (χ1v) is 7.76. The van der Waals surface area contributed by atoms with Gasteiger partial charge in [-0.1, -0.05) is 18.8 Å². The Morgan fingerprint density at radius 1 is 1.53 bits per heavy atom. The highest BCUT2D eigenvalue weighted by Crippen LogP contribution is 2.22. The number of thiophene rings is 1. The maximum atomic E-state index is 5.37. The van der Waals surface area contributed by atoms with Gasteiger partial charge in [0.1, 0.15) is 0 Å². The van der Waals surface area contributed by atoms with Crippen molar-refractivity contribution in [3.8, 4) is 11.8 Å². The summed E-state index contributed by atoms with van der Waals surface area (Å²) in [5.74, 6) is 7.25. The van der Waals surface area contributed by atoms with Crippen LogP contribution in [0.5, 0.6) is 0 Å². The van der Waals surface area contributed by atoms with Crippen molar-refractivity contribution >= 4 is 23.1 Å². The topological polar surface area (TPSA) is 29.3 Å². The molecule has 4 heteroatoms. The highest BCUT2D eigenvalue weighted by Gasteiger charge is 2.16. The smallest absolute Gasteiger partial charge is 0.0772 e. The Balaban J connectivity index is 1.92. The molecule has 2 N–H and O–H groups in total. The Morgan fingerprint density at radius 2 is 2.41 bits per heavy atom. The van der Waals surface area contributed by atoms with Gasteiger partial charge in [-0.25, -0.2) is 0 Å². The molecule has 0 aromatic carbocycles. The highest BCUT2D eigenvalue weighted by atomic mass is 32.2. The van der Waals surface area contributed by atoms with E-state index in [-0.39, 0.29) is 0 Å². The summed E-state index contributed by atoms with van der Waals surface area (Å²) in [4.78, 5) is 5.07. The molecule has 1 atom stereocenters. The SMILES string of the molecule is CC1CN(Cc2ccc(C#CCN)s2)CCS1. The van der Waals surface area contributed by atoms with Gasteiger partial charge < -0.3 is 5.73 Å². The number of nitrogens with two attached hydrogens (primary N) is 1. The Hall–Kier alpha value is -0.470. The molecule has 1 aliphatic heterocycles. The van der Waals surface area contributed by atoms with Crippen LogP contribution in [0.4, 0.5) is 0 Å². The summed E-state index contributed by atoms with van der Waals surface area (Å²) in [6.45, 7) is 6.22. The van der Waals surface area contributed by atoms with E-state index < -0.39 is 0 Å². The molecule has 0 aliphatic carbocycles. The zero-order valence-corrected chi connectivity index (χ0v) is 11.7. The first kappa shape index (κ1) is 13.0. The van der Waals surface area contributed by atoms with Crippen molar-refractivity contribution in [2.45, 2.75) is 18.7 Å². The van der Waals surface area contributed by atoms with Crippen LogP contribution in [-0.4, -0.2) is 35.5 Å². The number of hydrogen-bond donors (Lipinski definition) is 1. The maximum Gasteiger partial charge on any atom is 0.0772 e. The van der Waals surface area contributed by atoms with Crippen molar-refractivity contribution in [1.82, 2.24) is 4.90 Å². The maximum absolute atomic E-state index is 5.37. The summed E-state index contributed by atoms with van der Waals surface area (Å²) in [5.41, 5.74) is 5.37. The fraction of sp³-hybridized carbons (Fsp3) is 0.538. The molecule has 0 spiro atoms. The normalized spacial score (nSPS) is 20.9. The third-order valence-electron chi connectivity index (χ3n) is 2.68. The standard InChI is InChI=1S/C13H18N2S2/c1-11-9-15(7-8-16-11)10-13-5-4-12(17-13)3-2-6-14/h4-5,11H,6-10,14H2,1H3. The second-order valence-corrected chi connectivity index (χ2v) is 6.90. The molecule has 92 valence electrons. The lowest BCUT2D eigenvalue weighted by Crippen LogP contribution is -2.35. The van der Waals surface area contributed by atoms with E-state index in [1.165, 1.54) is 23.7 Å². The van der Waals surface area contributed by atoms with Crippen LogP contribution < -0.4 is 5.73 Å². The lowest BCUT2D eigenvalue weighted by atomic mass is 10.3. The van der Waals surface area contributed by atoms with E-state index in [9.17, 15) is 0 Å². The van der Waals surface area contributed by atoms with Crippen LogP contribution in [0.25, 0.3) is 0 Å². The van der Waals surface area contributed by atoms with Crippen LogP contribution >= 0.6 is 23.1 Å². The number of nitrogens with zero attached hydrogens (tertiary/aromatic N) is 1. The number of rotatable bonds is 2. The summed E-state index contributed by atoms with van der Waals surface area (Å²) in [7, 11) is 0. The van der Waals surface area contributed by atoms with Crippen molar-refractivity contribution in [3.05, 3.63) is 21.9 Å². The largest absolute Gasteiger partial charge is 0.320 e. The zero-order chi connectivity index (χ0) is 12.1. The summed E-state index contributed by atoms with van der Waals surface area (Å²) in [6, 6.07) is 4.29. The zero-order valence-electron chi connectivity index (χ0n) is 10.1. The van der Waals surface area contributed by atoms with Gasteiger partial charge >= 0.3 is 0 Å². The summed E-state index contributed by atoms with van der Waals surface area (Å²) < 4.78 is 0. The van der Waals surface area contributed by atoms with E-state index in [1.807, 2.05) is 0 Å². The van der Waals surface area contributed by atoms with Crippen molar-refractivity contribution < 1.29 is 0 Å². The molecule has 2 heterocycles. The van der Waals surface area contributed by atoms with E-state index in [2.05, 4.69) is 47.6 Å². The van der Waals surface area contributed by atoms with Crippen LogP contribution in [0.15, 0.2) is 12.1 Å². The minimum Gasteiger partial charge on any atom is -0.320 e. The van der Waals surface area contributed by atoms with Crippen molar-refractivity contribution in [3.63, 3.8) is 0 Å². The fourth-order valence-electron chi connectivity index (χ4n) is 1.92. The first-order chi connectivity index (χ1) is 8.28. The van der Waals surface area contributed by atoms with Gasteiger partial charge in [0.15, 0.2) is 0 Å². The van der Waals surface area contributed by atoms with Gasteiger partial charge in [-0.3, -0.25) is 4.90 Å².